The first kappa shape index (κ1) is 15.9. The molecule has 1 aromatic rings. The van der Waals surface area contributed by atoms with Gasteiger partial charge >= 0.3 is 0 Å². The Morgan fingerprint density at radius 1 is 0.850 bits per heavy atom. The van der Waals surface area contributed by atoms with Gasteiger partial charge in [-0.3, -0.25) is 0 Å². The Balaban J connectivity index is 0.00000147. The molecular formula is C14H23N2O2PS. The fourth-order valence-corrected chi connectivity index (χ4v) is 3.03. The van der Waals surface area contributed by atoms with Gasteiger partial charge in [0.2, 0.25) is 0 Å². The molecule has 0 amide bonds. The molecule has 0 spiro atoms. The van der Waals surface area contributed by atoms with Gasteiger partial charge in [0.15, 0.2) is 0 Å². The van der Waals surface area contributed by atoms with E-state index in [4.69, 9.17) is 9.47 Å². The highest BCUT2D eigenvalue weighted by atomic mass is 32.1. The third-order valence-corrected chi connectivity index (χ3v) is 4.03. The molecule has 1 unspecified atom stereocenters. The van der Waals surface area contributed by atoms with Crippen molar-refractivity contribution < 1.29 is 9.47 Å². The van der Waals surface area contributed by atoms with Crippen molar-refractivity contribution in [3.05, 3.63) is 18.2 Å². The molecule has 4 nitrogen and oxygen atoms in total. The van der Waals surface area contributed by atoms with Gasteiger partial charge < -0.3 is 19.3 Å². The Labute approximate surface area is 129 Å². The molecule has 0 bridgehead atoms. The van der Waals surface area contributed by atoms with E-state index in [9.17, 15) is 0 Å². The van der Waals surface area contributed by atoms with Crippen LogP contribution in [-0.2, 0) is 9.47 Å². The van der Waals surface area contributed by atoms with Crippen molar-refractivity contribution in [2.45, 2.75) is 4.90 Å². The first-order valence-electron chi connectivity index (χ1n) is 6.83. The zero-order valence-corrected chi connectivity index (χ0v) is 14.1. The van der Waals surface area contributed by atoms with Gasteiger partial charge in [-0.05, 0) is 12.1 Å². The van der Waals surface area contributed by atoms with E-state index in [1.165, 1.54) is 11.4 Å². The lowest BCUT2D eigenvalue weighted by Gasteiger charge is -2.36. The van der Waals surface area contributed by atoms with Gasteiger partial charge in [-0.2, -0.15) is 9.90 Å². The van der Waals surface area contributed by atoms with Crippen molar-refractivity contribution in [3.63, 3.8) is 0 Å². The van der Waals surface area contributed by atoms with E-state index >= 15 is 0 Å². The molecule has 0 radical (unpaired) electrons. The summed E-state index contributed by atoms with van der Waals surface area (Å²) in [6.07, 6.45) is 0. The molecule has 1 atom stereocenters. The summed E-state index contributed by atoms with van der Waals surface area (Å²) in [6.45, 7) is 6.99. The SMILES string of the molecule is P.Sc1cccc(N2CCOCC2)c1N1CCOCC1. The number of anilines is 2. The predicted molar refractivity (Wildman–Crippen MR) is 90.9 cm³/mol. The maximum atomic E-state index is 5.45. The van der Waals surface area contributed by atoms with Crippen molar-refractivity contribution in [1.29, 1.82) is 0 Å². The smallest absolute Gasteiger partial charge is 0.0741 e. The van der Waals surface area contributed by atoms with Crippen LogP contribution in [0.3, 0.4) is 0 Å². The summed E-state index contributed by atoms with van der Waals surface area (Å²) in [5.41, 5.74) is 2.52. The minimum Gasteiger partial charge on any atom is -0.378 e. The monoisotopic (exact) mass is 314 g/mol. The number of morpholine rings is 2. The summed E-state index contributed by atoms with van der Waals surface area (Å²) >= 11 is 4.66. The number of thiol groups is 1. The van der Waals surface area contributed by atoms with E-state index in [-0.39, 0.29) is 9.90 Å². The molecule has 2 heterocycles. The zero-order chi connectivity index (χ0) is 13.1. The van der Waals surface area contributed by atoms with Crippen LogP contribution in [0.4, 0.5) is 11.4 Å². The van der Waals surface area contributed by atoms with Gasteiger partial charge in [0.1, 0.15) is 0 Å². The second-order valence-electron chi connectivity index (χ2n) is 4.84. The van der Waals surface area contributed by atoms with Crippen molar-refractivity contribution >= 4 is 33.9 Å². The summed E-state index contributed by atoms with van der Waals surface area (Å²) in [7, 11) is 0. The van der Waals surface area contributed by atoms with Crippen LogP contribution in [0, 0.1) is 0 Å². The molecular weight excluding hydrogens is 291 g/mol. The quantitative estimate of drug-likeness (QED) is 0.664. The Bertz CT molecular complexity index is 435. The van der Waals surface area contributed by atoms with Gasteiger partial charge in [0.25, 0.3) is 0 Å². The van der Waals surface area contributed by atoms with E-state index in [2.05, 4.69) is 40.6 Å². The normalized spacial score (nSPS) is 19.6. The van der Waals surface area contributed by atoms with E-state index in [1.807, 2.05) is 0 Å². The Hall–Kier alpha value is -0.480. The van der Waals surface area contributed by atoms with Crippen LogP contribution in [0.25, 0.3) is 0 Å². The first-order chi connectivity index (χ1) is 9.36. The average molecular weight is 314 g/mol. The van der Waals surface area contributed by atoms with Crippen molar-refractivity contribution in [2.24, 2.45) is 0 Å². The van der Waals surface area contributed by atoms with Crippen LogP contribution in [0.1, 0.15) is 0 Å². The summed E-state index contributed by atoms with van der Waals surface area (Å²) in [6, 6.07) is 6.34. The summed E-state index contributed by atoms with van der Waals surface area (Å²) < 4.78 is 10.9. The maximum absolute atomic E-state index is 5.45. The Kier molecular flexibility index (Phi) is 5.97. The summed E-state index contributed by atoms with van der Waals surface area (Å²) in [5.74, 6) is 0. The van der Waals surface area contributed by atoms with E-state index in [0.717, 1.165) is 57.5 Å². The summed E-state index contributed by atoms with van der Waals surface area (Å²) in [4.78, 5) is 5.83. The number of nitrogens with zero attached hydrogens (tertiary/aromatic N) is 2. The van der Waals surface area contributed by atoms with Crippen molar-refractivity contribution in [3.8, 4) is 0 Å². The van der Waals surface area contributed by atoms with Crippen molar-refractivity contribution in [2.75, 3.05) is 62.4 Å². The van der Waals surface area contributed by atoms with Gasteiger partial charge in [0.05, 0.1) is 37.8 Å². The second kappa shape index (κ2) is 7.51. The molecule has 6 heteroatoms. The highest BCUT2D eigenvalue weighted by molar-refractivity contribution is 7.80. The number of para-hydroxylation sites is 1. The van der Waals surface area contributed by atoms with Gasteiger partial charge in [0, 0.05) is 31.1 Å². The molecule has 3 rings (SSSR count). The van der Waals surface area contributed by atoms with Gasteiger partial charge in [-0.1, -0.05) is 6.07 Å². The average Bonchev–Trinajstić information content (AvgIpc) is 2.49. The third-order valence-electron chi connectivity index (χ3n) is 3.67. The summed E-state index contributed by atoms with van der Waals surface area (Å²) in [5, 5.41) is 0. The molecule has 2 saturated heterocycles. The Morgan fingerprint density at radius 2 is 1.40 bits per heavy atom. The van der Waals surface area contributed by atoms with Gasteiger partial charge in [-0.15, -0.1) is 12.6 Å². The minimum absolute atomic E-state index is 0. The molecule has 0 N–H and O–H groups in total. The lowest BCUT2D eigenvalue weighted by atomic mass is 10.2. The predicted octanol–water partition coefficient (Wildman–Crippen LogP) is 1.71. The molecule has 2 aliphatic heterocycles. The molecule has 2 fully saturated rings. The number of ether oxygens (including phenoxy) is 2. The molecule has 20 heavy (non-hydrogen) atoms. The molecule has 2 aliphatic rings. The molecule has 1 aromatic carbocycles. The first-order valence-corrected chi connectivity index (χ1v) is 7.28. The minimum atomic E-state index is 0. The standard InChI is InChI=1S/C14H20N2O2S.H3P/c19-13-3-1-2-12(15-4-8-17-9-5-15)14(13)16-6-10-18-11-7-16;/h1-3,19H,4-11H2;1H3. The van der Waals surface area contributed by atoms with E-state index in [0.29, 0.717) is 0 Å². The maximum Gasteiger partial charge on any atom is 0.0741 e. The number of rotatable bonds is 2. The highest BCUT2D eigenvalue weighted by Gasteiger charge is 2.21. The lowest BCUT2D eigenvalue weighted by Crippen LogP contribution is -2.40. The van der Waals surface area contributed by atoms with Crippen LogP contribution < -0.4 is 9.80 Å². The van der Waals surface area contributed by atoms with E-state index in [1.54, 1.807) is 0 Å². The zero-order valence-electron chi connectivity index (χ0n) is 11.8. The van der Waals surface area contributed by atoms with Crippen molar-refractivity contribution in [1.82, 2.24) is 0 Å². The topological polar surface area (TPSA) is 24.9 Å². The van der Waals surface area contributed by atoms with Crippen LogP contribution in [-0.4, -0.2) is 52.6 Å². The molecule has 0 aliphatic carbocycles. The highest BCUT2D eigenvalue weighted by Crippen LogP contribution is 2.36. The molecule has 112 valence electrons. The van der Waals surface area contributed by atoms with Crippen LogP contribution >= 0.6 is 22.5 Å². The molecule has 0 aromatic heterocycles. The molecule has 0 saturated carbocycles. The van der Waals surface area contributed by atoms with Crippen LogP contribution in [0.15, 0.2) is 23.1 Å². The Morgan fingerprint density at radius 3 is 2.00 bits per heavy atom. The fourth-order valence-electron chi connectivity index (χ4n) is 2.69. The second-order valence-corrected chi connectivity index (χ2v) is 5.33. The van der Waals surface area contributed by atoms with E-state index < -0.39 is 0 Å². The van der Waals surface area contributed by atoms with Crippen LogP contribution in [0.5, 0.6) is 0 Å². The van der Waals surface area contributed by atoms with Gasteiger partial charge in [-0.25, -0.2) is 0 Å². The number of benzene rings is 1. The van der Waals surface area contributed by atoms with Crippen LogP contribution in [0.2, 0.25) is 0 Å². The number of hydrogen-bond donors (Lipinski definition) is 1. The number of hydrogen-bond acceptors (Lipinski definition) is 5. The third kappa shape index (κ3) is 3.40. The largest absolute Gasteiger partial charge is 0.378 e. The lowest BCUT2D eigenvalue weighted by molar-refractivity contribution is 0.120. The fraction of sp³-hybridized carbons (Fsp3) is 0.571.